The molecule has 0 radical (unpaired) electrons. The van der Waals surface area contributed by atoms with Gasteiger partial charge in [0, 0.05) is 0 Å². The lowest BCUT2D eigenvalue weighted by molar-refractivity contribution is 0.0691. The third-order valence-corrected chi connectivity index (χ3v) is 4.56. The number of halogens is 1. The Hall–Kier alpha value is -1.43. The predicted molar refractivity (Wildman–Crippen MR) is 58.1 cm³/mol. The Kier molecular flexibility index (Phi) is 2.91. The highest BCUT2D eigenvalue weighted by Gasteiger charge is 2.29. The number of sulfone groups is 1. The molecule has 0 amide bonds. The molecule has 2 rings (SSSR count). The molecule has 0 aliphatic heterocycles. The minimum absolute atomic E-state index is 0.0116. The van der Waals surface area contributed by atoms with Crippen LogP contribution in [0.1, 0.15) is 23.2 Å². The number of carboxylic acids is 1. The molecule has 1 N–H and O–H groups in total. The summed E-state index contributed by atoms with van der Waals surface area (Å²) in [6, 6.07) is 2.87. The van der Waals surface area contributed by atoms with E-state index in [4.69, 9.17) is 5.11 Å². The second kappa shape index (κ2) is 4.10. The lowest BCUT2D eigenvalue weighted by atomic mass is 10.2. The number of benzene rings is 1. The lowest BCUT2D eigenvalue weighted by Crippen LogP contribution is -2.10. The average molecular weight is 258 g/mol. The van der Waals surface area contributed by atoms with Crippen molar-refractivity contribution in [1.29, 1.82) is 0 Å². The van der Waals surface area contributed by atoms with E-state index < -0.39 is 27.2 Å². The summed E-state index contributed by atoms with van der Waals surface area (Å²) in [6.45, 7) is 0. The zero-order valence-corrected chi connectivity index (χ0v) is 9.71. The van der Waals surface area contributed by atoms with Crippen LogP contribution < -0.4 is 0 Å². The summed E-state index contributed by atoms with van der Waals surface area (Å²) in [5, 5.41) is 8.72. The molecule has 6 heteroatoms. The van der Waals surface area contributed by atoms with Crippen molar-refractivity contribution in [2.75, 3.05) is 5.75 Å². The van der Waals surface area contributed by atoms with E-state index in [1.807, 2.05) is 0 Å². The van der Waals surface area contributed by atoms with Gasteiger partial charge in [-0.15, -0.1) is 0 Å². The van der Waals surface area contributed by atoms with Crippen LogP contribution in [-0.2, 0) is 9.84 Å². The van der Waals surface area contributed by atoms with E-state index in [9.17, 15) is 17.6 Å². The van der Waals surface area contributed by atoms with Gasteiger partial charge in [-0.1, -0.05) is 0 Å². The zero-order chi connectivity index (χ0) is 12.6. The fourth-order valence-electron chi connectivity index (χ4n) is 1.55. The van der Waals surface area contributed by atoms with Crippen LogP contribution >= 0.6 is 0 Å². The molecule has 0 saturated heterocycles. The van der Waals surface area contributed by atoms with E-state index in [2.05, 4.69) is 0 Å². The Bertz CT molecular complexity index is 561. The van der Waals surface area contributed by atoms with E-state index in [0.717, 1.165) is 31.0 Å². The highest BCUT2D eigenvalue weighted by atomic mass is 32.2. The van der Waals surface area contributed by atoms with Gasteiger partial charge in [0.1, 0.15) is 5.82 Å². The van der Waals surface area contributed by atoms with Crippen LogP contribution in [0.15, 0.2) is 23.1 Å². The summed E-state index contributed by atoms with van der Waals surface area (Å²) in [6.07, 6.45) is 1.76. The Morgan fingerprint density at radius 2 is 2.06 bits per heavy atom. The van der Waals surface area contributed by atoms with Crippen molar-refractivity contribution in [3.8, 4) is 0 Å². The molecule has 0 spiro atoms. The normalized spacial score (nSPS) is 15.8. The van der Waals surface area contributed by atoms with Crippen LogP contribution in [0.2, 0.25) is 0 Å². The molecule has 0 heterocycles. The zero-order valence-electron chi connectivity index (χ0n) is 8.89. The molecule has 1 aliphatic rings. The second-order valence-electron chi connectivity index (χ2n) is 4.17. The standard InChI is InChI=1S/C11H11FO4S/c12-10-4-3-8(5-9(10)11(13)14)17(15,16)6-7-1-2-7/h3-5,7H,1-2,6H2,(H,13,14). The van der Waals surface area contributed by atoms with Crippen molar-refractivity contribution in [1.82, 2.24) is 0 Å². The molecule has 1 aromatic carbocycles. The Labute approximate surface area is 98.0 Å². The van der Waals surface area contributed by atoms with Crippen molar-refractivity contribution in [2.24, 2.45) is 5.92 Å². The van der Waals surface area contributed by atoms with Gasteiger partial charge in [0.25, 0.3) is 0 Å². The van der Waals surface area contributed by atoms with Gasteiger partial charge in [-0.25, -0.2) is 17.6 Å². The monoisotopic (exact) mass is 258 g/mol. The first kappa shape index (κ1) is 12.0. The van der Waals surface area contributed by atoms with Crippen molar-refractivity contribution in [2.45, 2.75) is 17.7 Å². The molecule has 4 nitrogen and oxygen atoms in total. The van der Waals surface area contributed by atoms with Crippen LogP contribution in [0.3, 0.4) is 0 Å². The van der Waals surface area contributed by atoms with Gasteiger partial charge in [-0.2, -0.15) is 0 Å². The van der Waals surface area contributed by atoms with Gasteiger partial charge in [0.2, 0.25) is 0 Å². The lowest BCUT2D eigenvalue weighted by Gasteiger charge is -2.05. The minimum Gasteiger partial charge on any atom is -0.478 e. The van der Waals surface area contributed by atoms with Crippen LogP contribution in [0.5, 0.6) is 0 Å². The molecule has 0 atom stereocenters. The minimum atomic E-state index is -3.50. The summed E-state index contributed by atoms with van der Waals surface area (Å²) in [5.41, 5.74) is -0.609. The van der Waals surface area contributed by atoms with Crippen LogP contribution in [0, 0.1) is 11.7 Å². The molecule has 1 fully saturated rings. The maximum absolute atomic E-state index is 13.1. The molecule has 1 saturated carbocycles. The summed E-state index contributed by atoms with van der Waals surface area (Å²) in [5.74, 6) is -2.22. The summed E-state index contributed by atoms with van der Waals surface area (Å²) in [4.78, 5) is 10.6. The predicted octanol–water partition coefficient (Wildman–Crippen LogP) is 1.71. The molecular weight excluding hydrogens is 247 g/mol. The van der Waals surface area contributed by atoms with Crippen LogP contribution in [-0.4, -0.2) is 25.2 Å². The molecule has 1 aromatic rings. The molecule has 1 aliphatic carbocycles. The molecule has 17 heavy (non-hydrogen) atoms. The number of hydrogen-bond donors (Lipinski definition) is 1. The Morgan fingerprint density at radius 1 is 1.41 bits per heavy atom. The topological polar surface area (TPSA) is 71.4 Å². The van der Waals surface area contributed by atoms with Gasteiger partial charge < -0.3 is 5.11 Å². The van der Waals surface area contributed by atoms with Gasteiger partial charge in [-0.3, -0.25) is 0 Å². The summed E-state index contributed by atoms with van der Waals surface area (Å²) in [7, 11) is -3.50. The summed E-state index contributed by atoms with van der Waals surface area (Å²) < 4.78 is 36.8. The second-order valence-corrected chi connectivity index (χ2v) is 6.21. The molecule has 0 unspecified atom stereocenters. The van der Waals surface area contributed by atoms with E-state index >= 15 is 0 Å². The number of carbonyl (C=O) groups is 1. The first-order chi connectivity index (χ1) is 7.90. The largest absolute Gasteiger partial charge is 0.478 e. The number of carboxylic acid groups (broad SMARTS) is 1. The Morgan fingerprint density at radius 3 is 2.59 bits per heavy atom. The smallest absolute Gasteiger partial charge is 0.338 e. The van der Waals surface area contributed by atoms with Crippen molar-refractivity contribution in [3.05, 3.63) is 29.6 Å². The molecule has 92 valence electrons. The fraction of sp³-hybridized carbons (Fsp3) is 0.364. The third-order valence-electron chi connectivity index (χ3n) is 2.68. The maximum Gasteiger partial charge on any atom is 0.338 e. The van der Waals surface area contributed by atoms with E-state index in [1.165, 1.54) is 0 Å². The number of hydrogen-bond acceptors (Lipinski definition) is 3. The highest BCUT2D eigenvalue weighted by Crippen LogP contribution is 2.32. The Balaban J connectivity index is 2.38. The number of aromatic carboxylic acids is 1. The molecule has 0 aromatic heterocycles. The van der Waals surface area contributed by atoms with Gasteiger partial charge in [-0.05, 0) is 37.0 Å². The maximum atomic E-state index is 13.1. The first-order valence-electron chi connectivity index (χ1n) is 5.16. The SMILES string of the molecule is O=C(O)c1cc(S(=O)(=O)CC2CC2)ccc1F. The van der Waals surface area contributed by atoms with Gasteiger partial charge in [0.15, 0.2) is 9.84 Å². The molecule has 0 bridgehead atoms. The van der Waals surface area contributed by atoms with Crippen molar-refractivity contribution in [3.63, 3.8) is 0 Å². The van der Waals surface area contributed by atoms with E-state index in [0.29, 0.717) is 0 Å². The van der Waals surface area contributed by atoms with Gasteiger partial charge in [0.05, 0.1) is 16.2 Å². The van der Waals surface area contributed by atoms with E-state index in [1.54, 1.807) is 0 Å². The number of rotatable bonds is 4. The van der Waals surface area contributed by atoms with Crippen molar-refractivity contribution >= 4 is 15.8 Å². The first-order valence-corrected chi connectivity index (χ1v) is 6.81. The van der Waals surface area contributed by atoms with Gasteiger partial charge >= 0.3 is 5.97 Å². The van der Waals surface area contributed by atoms with E-state index in [-0.39, 0.29) is 16.6 Å². The van der Waals surface area contributed by atoms with Crippen LogP contribution in [0.4, 0.5) is 4.39 Å². The summed E-state index contributed by atoms with van der Waals surface area (Å²) >= 11 is 0. The fourth-order valence-corrected chi connectivity index (χ4v) is 3.27. The third kappa shape index (κ3) is 2.63. The van der Waals surface area contributed by atoms with Crippen LogP contribution in [0.25, 0.3) is 0 Å². The quantitative estimate of drug-likeness (QED) is 0.834. The van der Waals surface area contributed by atoms with Crippen molar-refractivity contribution < 1.29 is 22.7 Å². The average Bonchev–Trinajstić information content (AvgIpc) is 3.00. The highest BCUT2D eigenvalue weighted by molar-refractivity contribution is 7.91. The molecular formula is C11H11FO4S.